The third-order valence-electron chi connectivity index (χ3n) is 5.71. The topological polar surface area (TPSA) is 41.8 Å². The van der Waals surface area contributed by atoms with E-state index in [0.29, 0.717) is 6.54 Å². The lowest BCUT2D eigenvalue weighted by atomic mass is 9.95. The van der Waals surface area contributed by atoms with E-state index in [0.717, 1.165) is 17.6 Å². The first-order valence-electron chi connectivity index (χ1n) is 11.6. The number of aromatic amines is 1. The van der Waals surface area contributed by atoms with Gasteiger partial charge in [-0.3, -0.25) is 0 Å². The Labute approximate surface area is 202 Å². The summed E-state index contributed by atoms with van der Waals surface area (Å²) in [5.41, 5.74) is 14.1. The molecular weight excluding hydrogens is 412 g/mol. The molecule has 168 valence electrons. The zero-order valence-corrected chi connectivity index (χ0v) is 19.3. The molecule has 0 aliphatic heterocycles. The minimum Gasteiger partial charge on any atom is -0.361 e. The van der Waals surface area contributed by atoms with E-state index >= 15 is 0 Å². The van der Waals surface area contributed by atoms with Crippen LogP contribution in [0.1, 0.15) is 17.5 Å². The number of hydrogen-bond donors (Lipinski definition) is 2. The number of nitrogens with one attached hydrogen (secondary N) is 1. The molecule has 0 aliphatic rings. The molecule has 5 aromatic rings. The summed E-state index contributed by atoms with van der Waals surface area (Å²) in [7, 11) is 0. The van der Waals surface area contributed by atoms with Gasteiger partial charge in [0.25, 0.3) is 0 Å². The molecule has 2 nitrogen and oxygen atoms in total. The van der Waals surface area contributed by atoms with E-state index in [1.54, 1.807) is 0 Å². The second-order valence-electron chi connectivity index (χ2n) is 8.11. The maximum Gasteiger partial charge on any atom is 0.0453 e. The van der Waals surface area contributed by atoms with Gasteiger partial charge in [0.05, 0.1) is 0 Å². The van der Waals surface area contributed by atoms with Crippen molar-refractivity contribution in [1.29, 1.82) is 0 Å². The monoisotopic (exact) mass is 442 g/mol. The van der Waals surface area contributed by atoms with Crippen LogP contribution < -0.4 is 5.73 Å². The van der Waals surface area contributed by atoms with Crippen molar-refractivity contribution in [3.05, 3.63) is 145 Å². The summed E-state index contributed by atoms with van der Waals surface area (Å²) in [5, 5.41) is 1.28. The highest BCUT2D eigenvalue weighted by Crippen LogP contribution is 2.27. The minimum atomic E-state index is 0.615. The van der Waals surface area contributed by atoms with Gasteiger partial charge in [0.1, 0.15) is 0 Å². The Balaban J connectivity index is 0.000000252. The summed E-state index contributed by atoms with van der Waals surface area (Å²) in [6, 6.07) is 39.6. The standard InChI is InChI=1S/C24H23N.C8H7N/c1-19(20-9-4-2-5-10-20)17-24(15-16-25)23-14-8-13-22(18-23)21-11-6-3-7-12-21;1-2-4-8-7(3-1)5-6-9-8/h2-14,17-18H,1,15-16,25H2;1-6,9H/b24-17+;. The molecule has 0 saturated carbocycles. The lowest BCUT2D eigenvalue weighted by Crippen LogP contribution is -2.00. The molecule has 0 saturated heterocycles. The van der Waals surface area contributed by atoms with Crippen LogP contribution in [0.25, 0.3) is 33.2 Å². The van der Waals surface area contributed by atoms with E-state index in [1.807, 2.05) is 42.6 Å². The second-order valence-corrected chi connectivity index (χ2v) is 8.11. The van der Waals surface area contributed by atoms with Crippen LogP contribution in [0.4, 0.5) is 0 Å². The van der Waals surface area contributed by atoms with Crippen LogP contribution in [0.5, 0.6) is 0 Å². The van der Waals surface area contributed by atoms with E-state index in [-0.39, 0.29) is 0 Å². The first-order chi connectivity index (χ1) is 16.7. The van der Waals surface area contributed by atoms with E-state index in [1.165, 1.54) is 33.2 Å². The lowest BCUT2D eigenvalue weighted by Gasteiger charge is -2.11. The highest BCUT2D eigenvalue weighted by Gasteiger charge is 2.05. The number of nitrogens with two attached hydrogens (primary N) is 1. The van der Waals surface area contributed by atoms with Crippen LogP contribution in [-0.2, 0) is 0 Å². The van der Waals surface area contributed by atoms with Crippen LogP contribution in [0.2, 0.25) is 0 Å². The number of fused-ring (bicyclic) bond motifs is 1. The van der Waals surface area contributed by atoms with Crippen molar-refractivity contribution >= 4 is 22.0 Å². The third kappa shape index (κ3) is 6.00. The van der Waals surface area contributed by atoms with Crippen molar-refractivity contribution in [2.24, 2.45) is 5.73 Å². The lowest BCUT2D eigenvalue weighted by molar-refractivity contribution is 1.02. The van der Waals surface area contributed by atoms with Crippen LogP contribution in [-0.4, -0.2) is 11.5 Å². The predicted octanol–water partition coefficient (Wildman–Crippen LogP) is 7.97. The molecule has 0 spiro atoms. The molecule has 0 bridgehead atoms. The van der Waals surface area contributed by atoms with Crippen molar-refractivity contribution < 1.29 is 0 Å². The highest BCUT2D eigenvalue weighted by molar-refractivity contribution is 5.84. The zero-order chi connectivity index (χ0) is 23.6. The zero-order valence-electron chi connectivity index (χ0n) is 19.3. The van der Waals surface area contributed by atoms with Gasteiger partial charge in [-0.05, 0) is 70.0 Å². The Morgan fingerprint density at radius 3 is 2.09 bits per heavy atom. The number of rotatable bonds is 6. The average molecular weight is 443 g/mol. The van der Waals surface area contributed by atoms with Gasteiger partial charge in [-0.15, -0.1) is 0 Å². The summed E-state index contributed by atoms with van der Waals surface area (Å²) in [5.74, 6) is 0. The van der Waals surface area contributed by atoms with Gasteiger partial charge in [-0.2, -0.15) is 0 Å². The molecule has 3 N–H and O–H groups in total. The van der Waals surface area contributed by atoms with Crippen molar-refractivity contribution in [3.8, 4) is 11.1 Å². The fourth-order valence-electron chi connectivity index (χ4n) is 3.93. The number of benzene rings is 4. The summed E-state index contributed by atoms with van der Waals surface area (Å²) < 4.78 is 0. The smallest absolute Gasteiger partial charge is 0.0453 e. The highest BCUT2D eigenvalue weighted by atomic mass is 14.7. The maximum atomic E-state index is 5.86. The molecule has 0 fully saturated rings. The van der Waals surface area contributed by atoms with Crippen molar-refractivity contribution in [3.63, 3.8) is 0 Å². The van der Waals surface area contributed by atoms with E-state index in [2.05, 4.69) is 96.5 Å². The molecule has 5 rings (SSSR count). The average Bonchev–Trinajstić information content (AvgIpc) is 3.39. The molecule has 1 aromatic heterocycles. The molecule has 0 unspecified atom stereocenters. The number of allylic oxidation sites excluding steroid dienone is 2. The fraction of sp³-hybridized carbons (Fsp3) is 0.0625. The van der Waals surface area contributed by atoms with Gasteiger partial charge in [0.2, 0.25) is 0 Å². The van der Waals surface area contributed by atoms with Gasteiger partial charge in [0.15, 0.2) is 0 Å². The van der Waals surface area contributed by atoms with E-state index < -0.39 is 0 Å². The van der Waals surface area contributed by atoms with Gasteiger partial charge >= 0.3 is 0 Å². The van der Waals surface area contributed by atoms with Crippen molar-refractivity contribution in [2.75, 3.05) is 6.54 Å². The minimum absolute atomic E-state index is 0.615. The summed E-state index contributed by atoms with van der Waals surface area (Å²) in [6.07, 6.45) is 4.93. The first kappa shape index (κ1) is 23.0. The number of aromatic nitrogens is 1. The second kappa shape index (κ2) is 11.6. The largest absolute Gasteiger partial charge is 0.361 e. The Morgan fingerprint density at radius 1 is 0.706 bits per heavy atom. The van der Waals surface area contributed by atoms with Crippen molar-refractivity contribution in [1.82, 2.24) is 4.98 Å². The maximum absolute atomic E-state index is 5.86. The molecule has 2 heteroatoms. The number of para-hydroxylation sites is 1. The Bertz CT molecular complexity index is 1330. The molecule has 1 heterocycles. The van der Waals surface area contributed by atoms with E-state index in [4.69, 9.17) is 5.73 Å². The molecule has 0 amide bonds. The summed E-state index contributed by atoms with van der Waals surface area (Å²) >= 11 is 0. The predicted molar refractivity (Wildman–Crippen MR) is 147 cm³/mol. The van der Waals surface area contributed by atoms with Gasteiger partial charge < -0.3 is 10.7 Å². The summed E-state index contributed by atoms with van der Waals surface area (Å²) in [4.78, 5) is 3.12. The SMILES string of the molecule is C=C(/C=C(\CCN)c1cccc(-c2ccccc2)c1)c1ccccc1.c1ccc2[nH]ccc2c1. The van der Waals surface area contributed by atoms with Gasteiger partial charge in [0, 0.05) is 11.7 Å². The molecule has 4 aromatic carbocycles. The quantitative estimate of drug-likeness (QED) is 0.257. The first-order valence-corrected chi connectivity index (χ1v) is 11.6. The van der Waals surface area contributed by atoms with Crippen molar-refractivity contribution in [2.45, 2.75) is 6.42 Å². The molecule has 0 aliphatic carbocycles. The van der Waals surface area contributed by atoms with E-state index in [9.17, 15) is 0 Å². The van der Waals surface area contributed by atoms with Gasteiger partial charge in [-0.25, -0.2) is 0 Å². The Hall–Kier alpha value is -4.14. The van der Waals surface area contributed by atoms with Crippen LogP contribution in [0.15, 0.2) is 134 Å². The van der Waals surface area contributed by atoms with Crippen LogP contribution in [0, 0.1) is 0 Å². The normalized spacial score (nSPS) is 11.0. The third-order valence-corrected chi connectivity index (χ3v) is 5.71. The summed E-state index contributed by atoms with van der Waals surface area (Å²) in [6.45, 7) is 4.85. The molecular formula is C32H30N2. The Kier molecular flexibility index (Phi) is 7.89. The number of hydrogen-bond acceptors (Lipinski definition) is 1. The molecule has 34 heavy (non-hydrogen) atoms. The van der Waals surface area contributed by atoms with Gasteiger partial charge in [-0.1, -0.05) is 110 Å². The fourth-order valence-corrected chi connectivity index (χ4v) is 3.93. The molecule has 0 radical (unpaired) electrons. The Morgan fingerprint density at radius 2 is 1.35 bits per heavy atom. The number of H-pyrrole nitrogens is 1. The van der Waals surface area contributed by atoms with Crippen LogP contribution >= 0.6 is 0 Å². The van der Waals surface area contributed by atoms with Crippen LogP contribution in [0.3, 0.4) is 0 Å². The molecule has 0 atom stereocenters.